The van der Waals surface area contributed by atoms with Crippen molar-refractivity contribution < 1.29 is 38.1 Å². The molecule has 0 unspecified atom stereocenters. The Bertz CT molecular complexity index is 829. The Hall–Kier alpha value is -2.48. The number of unbranched alkanes of at least 4 members (excludes halogenated alkanes) is 3. The van der Waals surface area contributed by atoms with E-state index in [1.165, 1.54) is 0 Å². The predicted octanol–water partition coefficient (Wildman–Crippen LogP) is 2.76. The minimum Gasteiger partial charge on any atom is -0.465 e. The van der Waals surface area contributed by atoms with Crippen molar-refractivity contribution in [3.8, 4) is 0 Å². The zero-order valence-corrected chi connectivity index (χ0v) is 29.6. The van der Waals surface area contributed by atoms with Crippen LogP contribution in [0.15, 0.2) is 0 Å². The van der Waals surface area contributed by atoms with Gasteiger partial charge in [0, 0.05) is 65.4 Å². The standard InChI is InChI=1S/C33H63N5O8/c1-7-10-23-43-29(39)26-36-17-15-35(14-13-34-32(42)46-33(4,5)6)16-18-37(27-30(40)44-24-11-8-2)20-22-38(21-19-36)28-31(41)45-25-12-9-3/h7-28H2,1-6H3,(H,34,42). The second-order valence-corrected chi connectivity index (χ2v) is 12.8. The first-order valence-electron chi connectivity index (χ1n) is 17.3. The number of carbonyl (C=O) groups is 4. The van der Waals surface area contributed by atoms with E-state index in [4.69, 9.17) is 18.9 Å². The number of alkyl carbamates (subject to hydrolysis) is 1. The number of carbonyl (C=O) groups excluding carboxylic acids is 4. The van der Waals surface area contributed by atoms with Gasteiger partial charge in [-0.05, 0) is 40.0 Å². The first-order valence-corrected chi connectivity index (χ1v) is 17.3. The normalized spacial score (nSPS) is 16.6. The first kappa shape index (κ1) is 41.5. The van der Waals surface area contributed by atoms with E-state index >= 15 is 0 Å². The van der Waals surface area contributed by atoms with Gasteiger partial charge in [-0.25, -0.2) is 4.79 Å². The summed E-state index contributed by atoms with van der Waals surface area (Å²) in [5, 5.41) is 2.83. The van der Waals surface area contributed by atoms with E-state index in [-0.39, 0.29) is 37.5 Å². The summed E-state index contributed by atoms with van der Waals surface area (Å²) < 4.78 is 21.7. The molecule has 268 valence electrons. The molecular weight excluding hydrogens is 594 g/mol. The van der Waals surface area contributed by atoms with Crippen molar-refractivity contribution in [2.75, 3.05) is 105 Å². The minimum absolute atomic E-state index is 0.135. The van der Waals surface area contributed by atoms with Crippen LogP contribution in [-0.2, 0) is 33.3 Å². The second-order valence-electron chi connectivity index (χ2n) is 12.8. The summed E-state index contributed by atoms with van der Waals surface area (Å²) in [6, 6.07) is 0. The molecule has 1 amide bonds. The summed E-state index contributed by atoms with van der Waals surface area (Å²) in [6.07, 6.45) is 4.82. The van der Waals surface area contributed by atoms with E-state index in [2.05, 4.69) is 33.9 Å². The van der Waals surface area contributed by atoms with E-state index in [1.54, 1.807) is 0 Å². The molecule has 0 aromatic rings. The molecule has 13 heteroatoms. The highest BCUT2D eigenvalue weighted by molar-refractivity contribution is 5.72. The molecule has 0 aliphatic carbocycles. The van der Waals surface area contributed by atoms with Gasteiger partial charge in [0.25, 0.3) is 0 Å². The van der Waals surface area contributed by atoms with E-state index in [0.717, 1.165) is 38.5 Å². The molecule has 1 N–H and O–H groups in total. The predicted molar refractivity (Wildman–Crippen MR) is 178 cm³/mol. The minimum atomic E-state index is -0.587. The lowest BCUT2D eigenvalue weighted by Gasteiger charge is -2.33. The van der Waals surface area contributed by atoms with Gasteiger partial charge in [0.05, 0.1) is 39.5 Å². The van der Waals surface area contributed by atoms with E-state index < -0.39 is 11.7 Å². The van der Waals surface area contributed by atoms with Crippen molar-refractivity contribution in [3.05, 3.63) is 0 Å². The smallest absolute Gasteiger partial charge is 0.407 e. The Kier molecular flexibility index (Phi) is 22.3. The van der Waals surface area contributed by atoms with Gasteiger partial charge in [-0.3, -0.25) is 34.0 Å². The fourth-order valence-electron chi connectivity index (χ4n) is 4.58. The molecule has 1 saturated heterocycles. The fourth-order valence-corrected chi connectivity index (χ4v) is 4.58. The zero-order chi connectivity index (χ0) is 34.2. The Labute approximate surface area is 277 Å². The van der Waals surface area contributed by atoms with Crippen molar-refractivity contribution in [1.82, 2.24) is 24.9 Å². The van der Waals surface area contributed by atoms with Crippen LogP contribution in [0.2, 0.25) is 0 Å². The van der Waals surface area contributed by atoms with Crippen LogP contribution >= 0.6 is 0 Å². The van der Waals surface area contributed by atoms with Gasteiger partial charge in [-0.15, -0.1) is 0 Å². The van der Waals surface area contributed by atoms with Crippen molar-refractivity contribution >= 4 is 24.0 Å². The number of nitrogens with zero attached hydrogens (tertiary/aromatic N) is 4. The third-order valence-electron chi connectivity index (χ3n) is 7.37. The highest BCUT2D eigenvalue weighted by atomic mass is 16.6. The van der Waals surface area contributed by atoms with Crippen LogP contribution in [0.5, 0.6) is 0 Å². The van der Waals surface area contributed by atoms with E-state index in [1.807, 2.05) is 32.6 Å². The van der Waals surface area contributed by atoms with Crippen LogP contribution in [-0.4, -0.2) is 154 Å². The number of hydrogen-bond acceptors (Lipinski definition) is 12. The van der Waals surface area contributed by atoms with Crippen molar-refractivity contribution in [3.63, 3.8) is 0 Å². The molecule has 1 aliphatic heterocycles. The summed E-state index contributed by atoms with van der Waals surface area (Å²) >= 11 is 0. The molecule has 0 radical (unpaired) electrons. The molecule has 1 fully saturated rings. The first-order chi connectivity index (χ1) is 21.9. The number of ether oxygens (including phenoxy) is 4. The largest absolute Gasteiger partial charge is 0.465 e. The number of esters is 3. The molecule has 1 rings (SSSR count). The van der Waals surface area contributed by atoms with Gasteiger partial charge in [0.1, 0.15) is 5.60 Å². The van der Waals surface area contributed by atoms with Crippen LogP contribution in [0.1, 0.15) is 80.1 Å². The fraction of sp³-hybridized carbons (Fsp3) is 0.879. The molecule has 1 heterocycles. The number of nitrogens with one attached hydrogen (secondary N) is 1. The Morgan fingerprint density at radius 3 is 1.20 bits per heavy atom. The maximum absolute atomic E-state index is 12.7. The Morgan fingerprint density at radius 2 is 0.891 bits per heavy atom. The molecule has 0 saturated carbocycles. The molecule has 0 bridgehead atoms. The van der Waals surface area contributed by atoms with Gasteiger partial charge in [-0.2, -0.15) is 0 Å². The summed E-state index contributed by atoms with van der Waals surface area (Å²) in [6.45, 7) is 18.8. The summed E-state index contributed by atoms with van der Waals surface area (Å²) in [7, 11) is 0. The lowest BCUT2D eigenvalue weighted by Crippen LogP contribution is -2.49. The van der Waals surface area contributed by atoms with Crippen molar-refractivity contribution in [1.29, 1.82) is 0 Å². The SMILES string of the molecule is CCCCOC(=O)CN1CCN(CCNC(=O)OC(C)(C)C)CCN(CC(=O)OCCCC)CCN(CC(=O)OCCCC)CC1. The second kappa shape index (κ2) is 24.7. The molecule has 13 nitrogen and oxygen atoms in total. The van der Waals surface area contributed by atoms with Gasteiger partial charge in [0.15, 0.2) is 0 Å². The van der Waals surface area contributed by atoms with Crippen molar-refractivity contribution in [2.24, 2.45) is 0 Å². The van der Waals surface area contributed by atoms with Crippen molar-refractivity contribution in [2.45, 2.75) is 85.7 Å². The van der Waals surface area contributed by atoms with E-state index in [9.17, 15) is 19.2 Å². The summed E-state index contributed by atoms with van der Waals surface area (Å²) in [5.74, 6) is -0.811. The van der Waals surface area contributed by atoms with Crippen LogP contribution in [0.4, 0.5) is 4.79 Å². The summed E-state index contributed by atoms with van der Waals surface area (Å²) in [5.41, 5.74) is -0.587. The van der Waals surface area contributed by atoms with Crippen LogP contribution in [0.3, 0.4) is 0 Å². The van der Waals surface area contributed by atoms with Gasteiger partial charge >= 0.3 is 24.0 Å². The lowest BCUT2D eigenvalue weighted by atomic mass is 10.2. The molecule has 1 aliphatic rings. The molecule has 46 heavy (non-hydrogen) atoms. The van der Waals surface area contributed by atoms with E-state index in [0.29, 0.717) is 85.3 Å². The average Bonchev–Trinajstić information content (AvgIpc) is 2.97. The monoisotopic (exact) mass is 657 g/mol. The quantitative estimate of drug-likeness (QED) is 0.132. The maximum atomic E-state index is 12.7. The molecule has 0 aromatic heterocycles. The third kappa shape index (κ3) is 22.1. The number of hydrogen-bond donors (Lipinski definition) is 1. The summed E-state index contributed by atoms with van der Waals surface area (Å²) in [4.78, 5) is 58.6. The molecule has 0 atom stereocenters. The highest BCUT2D eigenvalue weighted by Crippen LogP contribution is 2.07. The topological polar surface area (TPSA) is 130 Å². The highest BCUT2D eigenvalue weighted by Gasteiger charge is 2.22. The van der Waals surface area contributed by atoms with Gasteiger partial charge < -0.3 is 24.3 Å². The number of amides is 1. The average molecular weight is 658 g/mol. The maximum Gasteiger partial charge on any atom is 0.407 e. The lowest BCUT2D eigenvalue weighted by molar-refractivity contribution is -0.147. The van der Waals surface area contributed by atoms with Gasteiger partial charge in [0.2, 0.25) is 0 Å². The Morgan fingerprint density at radius 1 is 0.565 bits per heavy atom. The van der Waals surface area contributed by atoms with Gasteiger partial charge in [-0.1, -0.05) is 40.0 Å². The molecular formula is C33H63N5O8. The zero-order valence-electron chi connectivity index (χ0n) is 29.6. The van der Waals surface area contributed by atoms with Crippen LogP contribution in [0.25, 0.3) is 0 Å². The molecule has 0 aromatic carbocycles. The van der Waals surface area contributed by atoms with Crippen LogP contribution < -0.4 is 5.32 Å². The van der Waals surface area contributed by atoms with Crippen LogP contribution in [0, 0.1) is 0 Å². The third-order valence-corrected chi connectivity index (χ3v) is 7.37. The Balaban J connectivity index is 3.05. The molecule has 0 spiro atoms. The number of rotatable bonds is 18.